The van der Waals surface area contributed by atoms with Crippen molar-refractivity contribution in [3.63, 3.8) is 0 Å². The second kappa shape index (κ2) is 10.2. The molecule has 0 atom stereocenters. The molecule has 2 aromatic carbocycles. The van der Waals surface area contributed by atoms with Gasteiger partial charge in [0.25, 0.3) is 17.5 Å². The van der Waals surface area contributed by atoms with E-state index >= 15 is 0 Å². The van der Waals surface area contributed by atoms with Gasteiger partial charge in [0, 0.05) is 36.5 Å². The van der Waals surface area contributed by atoms with E-state index in [1.807, 2.05) is 0 Å². The molecule has 0 aliphatic heterocycles. The fourth-order valence-electron chi connectivity index (χ4n) is 2.38. The molecule has 10 heteroatoms. The van der Waals surface area contributed by atoms with E-state index in [9.17, 15) is 24.5 Å². The molecule has 0 unspecified atom stereocenters. The van der Waals surface area contributed by atoms with Crippen molar-refractivity contribution < 1.29 is 24.0 Å². The van der Waals surface area contributed by atoms with Crippen molar-refractivity contribution >= 4 is 35.4 Å². The summed E-state index contributed by atoms with van der Waals surface area (Å²) < 4.78 is 5.29. The van der Waals surface area contributed by atoms with E-state index < -0.39 is 28.4 Å². The molecule has 2 N–H and O–H groups in total. The number of nitrogens with one attached hydrogen (secondary N) is 2. The maximum Gasteiger partial charge on any atom is 0.414 e. The van der Waals surface area contributed by atoms with Gasteiger partial charge in [-0.1, -0.05) is 0 Å². The number of nitro benzene ring substituents is 1. The molecule has 32 heavy (non-hydrogen) atoms. The molecule has 2 rings (SSSR count). The average Bonchev–Trinajstić information content (AvgIpc) is 2.74. The van der Waals surface area contributed by atoms with E-state index in [2.05, 4.69) is 10.9 Å². The lowest BCUT2D eigenvalue weighted by atomic mass is 10.2. The molecular formula is C22H24N4O6. The highest BCUT2D eigenvalue weighted by Gasteiger charge is 2.20. The number of amides is 3. The molecule has 0 aliphatic carbocycles. The van der Waals surface area contributed by atoms with Crippen LogP contribution in [0.4, 0.5) is 16.2 Å². The van der Waals surface area contributed by atoms with E-state index in [-0.39, 0.29) is 11.3 Å². The topological polar surface area (TPSA) is 131 Å². The molecule has 2 aromatic rings. The molecule has 0 saturated heterocycles. The van der Waals surface area contributed by atoms with E-state index in [0.717, 1.165) is 0 Å². The van der Waals surface area contributed by atoms with Crippen molar-refractivity contribution in [1.82, 2.24) is 10.9 Å². The van der Waals surface area contributed by atoms with Crippen LogP contribution in [0.2, 0.25) is 0 Å². The molecule has 168 valence electrons. The first-order chi connectivity index (χ1) is 15.0. The van der Waals surface area contributed by atoms with Crippen molar-refractivity contribution in [3.05, 3.63) is 75.8 Å². The van der Waals surface area contributed by atoms with Crippen LogP contribution in [0.1, 0.15) is 36.7 Å². The molecular weight excluding hydrogens is 416 g/mol. The van der Waals surface area contributed by atoms with Gasteiger partial charge in [0.05, 0.1) is 4.92 Å². The summed E-state index contributed by atoms with van der Waals surface area (Å²) in [5, 5.41) is 10.6. The van der Waals surface area contributed by atoms with Gasteiger partial charge < -0.3 is 4.74 Å². The van der Waals surface area contributed by atoms with Gasteiger partial charge in [0.2, 0.25) is 0 Å². The van der Waals surface area contributed by atoms with Crippen molar-refractivity contribution in [2.24, 2.45) is 0 Å². The zero-order valence-electron chi connectivity index (χ0n) is 18.1. The molecule has 0 fully saturated rings. The number of ether oxygens (including phenoxy) is 1. The van der Waals surface area contributed by atoms with Crippen LogP contribution < -0.4 is 15.8 Å². The minimum absolute atomic E-state index is 0.0535. The Bertz CT molecular complexity index is 1020. The lowest BCUT2D eigenvalue weighted by molar-refractivity contribution is -0.384. The Hall–Kier alpha value is -4.21. The van der Waals surface area contributed by atoms with Crippen molar-refractivity contribution in [2.75, 3.05) is 11.9 Å². The lowest BCUT2D eigenvalue weighted by Crippen LogP contribution is -2.40. The standard InChI is InChI=1S/C22H24N4O6/c1-22(2,3)32-21(29)25(4)17-12-8-16(9-13-17)20(28)24-23-19(27)14-7-15-5-10-18(11-6-15)26(30)31/h5-14H,1-4H3,(H,23,27)(H,24,28)/b14-7+. The lowest BCUT2D eigenvalue weighted by Gasteiger charge is -2.24. The van der Waals surface area contributed by atoms with Crippen molar-refractivity contribution in [3.8, 4) is 0 Å². The third kappa shape index (κ3) is 7.24. The molecule has 0 bridgehead atoms. The quantitative estimate of drug-likeness (QED) is 0.416. The van der Waals surface area contributed by atoms with E-state index in [1.165, 1.54) is 53.5 Å². The fraction of sp³-hybridized carbons (Fsp3) is 0.227. The van der Waals surface area contributed by atoms with Gasteiger partial charge in [-0.25, -0.2) is 4.79 Å². The molecule has 0 aromatic heterocycles. The minimum Gasteiger partial charge on any atom is -0.443 e. The highest BCUT2D eigenvalue weighted by atomic mass is 16.6. The van der Waals surface area contributed by atoms with Gasteiger partial charge >= 0.3 is 6.09 Å². The Labute approximate surface area is 185 Å². The van der Waals surface area contributed by atoms with Gasteiger partial charge in [-0.05, 0) is 68.8 Å². The van der Waals surface area contributed by atoms with Crippen LogP contribution in [0.3, 0.4) is 0 Å². The van der Waals surface area contributed by atoms with Crippen LogP contribution in [0, 0.1) is 10.1 Å². The monoisotopic (exact) mass is 440 g/mol. The highest BCUT2D eigenvalue weighted by molar-refractivity contribution is 5.98. The number of rotatable bonds is 5. The Kier molecular flexibility index (Phi) is 7.67. The van der Waals surface area contributed by atoms with E-state index in [0.29, 0.717) is 11.3 Å². The smallest absolute Gasteiger partial charge is 0.414 e. The molecule has 0 aliphatic rings. The Balaban J connectivity index is 1.89. The molecule has 0 heterocycles. The van der Waals surface area contributed by atoms with E-state index in [4.69, 9.17) is 4.74 Å². The molecule has 10 nitrogen and oxygen atoms in total. The molecule has 0 saturated carbocycles. The summed E-state index contributed by atoms with van der Waals surface area (Å²) in [5.74, 6) is -1.13. The summed E-state index contributed by atoms with van der Waals surface area (Å²) in [6.45, 7) is 5.30. The number of anilines is 1. The van der Waals surface area contributed by atoms with Crippen LogP contribution in [0.25, 0.3) is 6.08 Å². The Morgan fingerprint density at radius 3 is 2.12 bits per heavy atom. The predicted molar refractivity (Wildman–Crippen MR) is 119 cm³/mol. The van der Waals surface area contributed by atoms with Gasteiger partial charge in [-0.15, -0.1) is 0 Å². The number of nitro groups is 1. The molecule has 0 radical (unpaired) electrons. The zero-order valence-corrected chi connectivity index (χ0v) is 18.1. The van der Waals surface area contributed by atoms with Gasteiger partial charge in [0.1, 0.15) is 5.60 Å². The number of benzene rings is 2. The maximum absolute atomic E-state index is 12.2. The summed E-state index contributed by atoms with van der Waals surface area (Å²) in [6, 6.07) is 11.8. The number of non-ortho nitro benzene ring substituents is 1. The van der Waals surface area contributed by atoms with Crippen molar-refractivity contribution in [1.29, 1.82) is 0 Å². The molecule has 3 amide bonds. The van der Waals surface area contributed by atoms with Crippen LogP contribution in [0.15, 0.2) is 54.6 Å². The van der Waals surface area contributed by atoms with Crippen LogP contribution in [0.5, 0.6) is 0 Å². The Morgan fingerprint density at radius 2 is 1.59 bits per heavy atom. The normalized spacial score (nSPS) is 11.0. The highest BCUT2D eigenvalue weighted by Crippen LogP contribution is 2.17. The number of carbonyl (C=O) groups excluding carboxylic acids is 3. The van der Waals surface area contributed by atoms with Crippen LogP contribution in [-0.2, 0) is 9.53 Å². The predicted octanol–water partition coefficient (Wildman–Crippen LogP) is 3.44. The number of carbonyl (C=O) groups is 3. The number of hydrogen-bond acceptors (Lipinski definition) is 6. The second-order valence-electron chi connectivity index (χ2n) is 7.71. The summed E-state index contributed by atoms with van der Waals surface area (Å²) in [6.07, 6.45) is 2.11. The zero-order chi connectivity index (χ0) is 23.9. The summed E-state index contributed by atoms with van der Waals surface area (Å²) >= 11 is 0. The fourth-order valence-corrected chi connectivity index (χ4v) is 2.38. The third-order valence-corrected chi connectivity index (χ3v) is 4.01. The summed E-state index contributed by atoms with van der Waals surface area (Å²) in [4.78, 5) is 47.6. The average molecular weight is 440 g/mol. The molecule has 0 spiro atoms. The second-order valence-corrected chi connectivity index (χ2v) is 7.71. The van der Waals surface area contributed by atoms with E-state index in [1.54, 1.807) is 40.0 Å². The van der Waals surface area contributed by atoms with Crippen LogP contribution in [-0.4, -0.2) is 35.5 Å². The number of nitrogens with zero attached hydrogens (tertiary/aromatic N) is 2. The SMILES string of the molecule is CN(C(=O)OC(C)(C)C)c1ccc(C(=O)NNC(=O)/C=C/c2ccc([N+](=O)[O-])cc2)cc1. The van der Waals surface area contributed by atoms with Crippen LogP contribution >= 0.6 is 0 Å². The summed E-state index contributed by atoms with van der Waals surface area (Å²) in [7, 11) is 1.56. The van der Waals surface area contributed by atoms with Gasteiger partial charge in [0.15, 0.2) is 0 Å². The number of hydrazine groups is 1. The minimum atomic E-state index is -0.629. The maximum atomic E-state index is 12.2. The van der Waals surface area contributed by atoms with Gasteiger partial charge in [-0.3, -0.25) is 35.5 Å². The largest absolute Gasteiger partial charge is 0.443 e. The first-order valence-electron chi connectivity index (χ1n) is 9.56. The number of hydrogen-bond donors (Lipinski definition) is 2. The summed E-state index contributed by atoms with van der Waals surface area (Å²) in [5.41, 5.74) is 5.23. The third-order valence-electron chi connectivity index (χ3n) is 4.01. The van der Waals surface area contributed by atoms with Gasteiger partial charge in [-0.2, -0.15) is 0 Å². The first kappa shape index (κ1) is 24.1. The van der Waals surface area contributed by atoms with Crippen molar-refractivity contribution in [2.45, 2.75) is 26.4 Å². The first-order valence-corrected chi connectivity index (χ1v) is 9.56. The Morgan fingerprint density at radius 1 is 1.00 bits per heavy atom.